The Morgan fingerprint density at radius 3 is 2.74 bits per heavy atom. The van der Waals surface area contributed by atoms with E-state index in [4.69, 9.17) is 5.73 Å². The lowest BCUT2D eigenvalue weighted by Crippen LogP contribution is -2.52. The van der Waals surface area contributed by atoms with Crippen LogP contribution < -0.4 is 5.73 Å². The van der Waals surface area contributed by atoms with E-state index in [1.807, 2.05) is 12.1 Å². The normalized spacial score (nSPS) is 22.9. The van der Waals surface area contributed by atoms with Crippen LogP contribution in [0.5, 0.6) is 0 Å². The molecule has 0 amide bonds. The molecule has 2 nitrogen and oxygen atoms in total. The van der Waals surface area contributed by atoms with Gasteiger partial charge < -0.3 is 5.73 Å². The van der Waals surface area contributed by atoms with Gasteiger partial charge in [0.25, 0.3) is 0 Å². The summed E-state index contributed by atoms with van der Waals surface area (Å²) in [5.41, 5.74) is 6.97. The molecular weight excluding hydrogens is 331 g/mol. The topological polar surface area (TPSA) is 29.3 Å². The molecule has 1 aliphatic heterocycles. The molecule has 0 saturated carbocycles. The Balaban J connectivity index is 0.00000180. The molecule has 1 aliphatic rings. The highest BCUT2D eigenvalue weighted by Gasteiger charge is 2.33. The van der Waals surface area contributed by atoms with Crippen molar-refractivity contribution in [3.63, 3.8) is 0 Å². The van der Waals surface area contributed by atoms with Gasteiger partial charge in [0.2, 0.25) is 0 Å². The molecule has 1 unspecified atom stereocenters. The number of likely N-dealkylation sites (tertiary alicyclic amines) is 1. The number of halogens is 3. The molecule has 1 heterocycles. The van der Waals surface area contributed by atoms with Gasteiger partial charge in [-0.25, -0.2) is 4.39 Å². The molecule has 5 heteroatoms. The van der Waals surface area contributed by atoms with E-state index < -0.39 is 0 Å². The Morgan fingerprint density at radius 1 is 1.47 bits per heavy atom. The maximum absolute atomic E-state index is 13.8. The van der Waals surface area contributed by atoms with Gasteiger partial charge in [-0.15, -0.1) is 12.4 Å². The molecule has 0 aromatic heterocycles. The molecule has 2 N–H and O–H groups in total. The maximum Gasteiger partial charge on any atom is 0.128 e. The molecule has 1 fully saturated rings. The molecular formula is C14H21BrClFN2. The zero-order valence-electron chi connectivity index (χ0n) is 11.3. The number of nitrogens with zero attached hydrogens (tertiary/aromatic N) is 1. The Morgan fingerprint density at radius 2 is 2.16 bits per heavy atom. The molecule has 19 heavy (non-hydrogen) atoms. The van der Waals surface area contributed by atoms with Gasteiger partial charge in [-0.2, -0.15) is 0 Å². The number of piperidine rings is 1. The van der Waals surface area contributed by atoms with E-state index in [1.165, 1.54) is 6.07 Å². The van der Waals surface area contributed by atoms with Crippen LogP contribution >= 0.6 is 28.3 Å². The van der Waals surface area contributed by atoms with Gasteiger partial charge >= 0.3 is 0 Å². The Labute approximate surface area is 129 Å². The smallest absolute Gasteiger partial charge is 0.128 e. The summed E-state index contributed by atoms with van der Waals surface area (Å²) in [5.74, 6) is -0.142. The number of benzene rings is 1. The van der Waals surface area contributed by atoms with Crippen molar-refractivity contribution in [3.8, 4) is 0 Å². The van der Waals surface area contributed by atoms with Crippen LogP contribution in [-0.4, -0.2) is 24.0 Å². The van der Waals surface area contributed by atoms with E-state index in [0.29, 0.717) is 6.54 Å². The molecule has 0 aliphatic carbocycles. The summed E-state index contributed by atoms with van der Waals surface area (Å²) in [6, 6.07) is 5.50. The lowest BCUT2D eigenvalue weighted by atomic mass is 9.79. The Kier molecular flexibility index (Phi) is 5.80. The van der Waals surface area contributed by atoms with Gasteiger partial charge in [-0.3, -0.25) is 4.90 Å². The lowest BCUT2D eigenvalue weighted by Gasteiger charge is -2.42. The zero-order chi connectivity index (χ0) is 13.3. The largest absolute Gasteiger partial charge is 0.327 e. The first-order valence-electron chi connectivity index (χ1n) is 6.30. The van der Waals surface area contributed by atoms with Crippen molar-refractivity contribution in [2.75, 3.05) is 13.1 Å². The maximum atomic E-state index is 13.8. The third-order valence-corrected chi connectivity index (χ3v) is 4.29. The van der Waals surface area contributed by atoms with Crippen LogP contribution in [0.1, 0.15) is 25.8 Å². The third-order valence-electron chi connectivity index (χ3n) is 3.80. The molecule has 108 valence electrons. The Hall–Kier alpha value is -0.160. The van der Waals surface area contributed by atoms with Crippen LogP contribution in [-0.2, 0) is 6.54 Å². The summed E-state index contributed by atoms with van der Waals surface area (Å²) in [6.45, 7) is 6.89. The fraction of sp³-hybridized carbons (Fsp3) is 0.571. The number of hydrogen-bond acceptors (Lipinski definition) is 2. The summed E-state index contributed by atoms with van der Waals surface area (Å²) >= 11 is 3.28. The highest BCUT2D eigenvalue weighted by molar-refractivity contribution is 9.10. The minimum atomic E-state index is -0.142. The predicted molar refractivity (Wildman–Crippen MR) is 83.0 cm³/mol. The van der Waals surface area contributed by atoms with E-state index in [9.17, 15) is 4.39 Å². The second-order valence-electron chi connectivity index (χ2n) is 5.83. The van der Waals surface area contributed by atoms with E-state index in [2.05, 4.69) is 34.7 Å². The quantitative estimate of drug-likeness (QED) is 0.882. The van der Waals surface area contributed by atoms with Gasteiger partial charge in [-0.05, 0) is 24.0 Å². The third kappa shape index (κ3) is 4.15. The van der Waals surface area contributed by atoms with E-state index in [0.717, 1.165) is 29.5 Å². The first-order chi connectivity index (χ1) is 8.38. The molecule has 0 radical (unpaired) electrons. The van der Waals surface area contributed by atoms with Crippen molar-refractivity contribution in [1.29, 1.82) is 0 Å². The van der Waals surface area contributed by atoms with Crippen molar-refractivity contribution in [1.82, 2.24) is 4.90 Å². The van der Waals surface area contributed by atoms with Crippen molar-refractivity contribution in [3.05, 3.63) is 34.1 Å². The first kappa shape index (κ1) is 16.9. The molecule has 1 aromatic rings. The minimum absolute atomic E-state index is 0. The van der Waals surface area contributed by atoms with Crippen molar-refractivity contribution in [2.45, 2.75) is 32.9 Å². The number of hydrogen-bond donors (Lipinski definition) is 1. The summed E-state index contributed by atoms with van der Waals surface area (Å²) in [7, 11) is 0. The number of nitrogens with two attached hydrogens (primary N) is 1. The zero-order valence-corrected chi connectivity index (χ0v) is 13.7. The van der Waals surface area contributed by atoms with Crippen LogP contribution in [0.2, 0.25) is 0 Å². The average Bonchev–Trinajstić information content (AvgIpc) is 2.27. The molecule has 0 bridgehead atoms. The minimum Gasteiger partial charge on any atom is -0.327 e. The summed E-state index contributed by atoms with van der Waals surface area (Å²) in [5, 5.41) is 0. The fourth-order valence-electron chi connectivity index (χ4n) is 2.51. The van der Waals surface area contributed by atoms with Gasteiger partial charge in [0, 0.05) is 35.7 Å². The lowest BCUT2D eigenvalue weighted by molar-refractivity contribution is 0.0890. The second kappa shape index (κ2) is 6.53. The summed E-state index contributed by atoms with van der Waals surface area (Å²) < 4.78 is 14.6. The molecule has 0 spiro atoms. The van der Waals surface area contributed by atoms with E-state index in [-0.39, 0.29) is 29.7 Å². The second-order valence-corrected chi connectivity index (χ2v) is 6.75. The monoisotopic (exact) mass is 350 g/mol. The predicted octanol–water partition coefficient (Wildman–Crippen LogP) is 3.57. The van der Waals surface area contributed by atoms with Gasteiger partial charge in [-0.1, -0.05) is 35.8 Å². The van der Waals surface area contributed by atoms with Crippen LogP contribution in [0.25, 0.3) is 0 Å². The highest BCUT2D eigenvalue weighted by atomic mass is 79.9. The first-order valence-corrected chi connectivity index (χ1v) is 7.10. The average molecular weight is 352 g/mol. The summed E-state index contributed by atoms with van der Waals surface area (Å²) in [6.07, 6.45) is 0.977. The van der Waals surface area contributed by atoms with E-state index >= 15 is 0 Å². The Bertz CT molecular complexity index is 439. The van der Waals surface area contributed by atoms with Crippen LogP contribution in [0.15, 0.2) is 22.7 Å². The van der Waals surface area contributed by atoms with Crippen molar-refractivity contribution < 1.29 is 4.39 Å². The van der Waals surface area contributed by atoms with Gasteiger partial charge in [0.15, 0.2) is 0 Å². The van der Waals surface area contributed by atoms with Crippen molar-refractivity contribution >= 4 is 28.3 Å². The molecule has 1 saturated heterocycles. The standard InChI is InChI=1S/C14H20BrFN2.ClH/c1-14(2)9-18(6-5-13(14)17)8-10-3-4-11(15)7-12(10)16;/h3-4,7,13H,5-6,8-9,17H2,1-2H3;1H. The fourth-order valence-corrected chi connectivity index (χ4v) is 2.84. The van der Waals surface area contributed by atoms with Gasteiger partial charge in [0.1, 0.15) is 5.82 Å². The van der Waals surface area contributed by atoms with Crippen molar-refractivity contribution in [2.24, 2.45) is 11.1 Å². The molecule has 1 aromatic carbocycles. The van der Waals surface area contributed by atoms with Gasteiger partial charge in [0.05, 0.1) is 0 Å². The summed E-state index contributed by atoms with van der Waals surface area (Å²) in [4.78, 5) is 2.29. The van der Waals surface area contributed by atoms with Crippen LogP contribution in [0.4, 0.5) is 4.39 Å². The number of rotatable bonds is 2. The van der Waals surface area contributed by atoms with Crippen LogP contribution in [0.3, 0.4) is 0 Å². The van der Waals surface area contributed by atoms with Crippen LogP contribution in [0, 0.1) is 11.2 Å². The highest BCUT2D eigenvalue weighted by Crippen LogP contribution is 2.29. The van der Waals surface area contributed by atoms with E-state index in [1.54, 1.807) is 0 Å². The molecule has 1 atom stereocenters. The SMILES string of the molecule is CC1(C)CN(Cc2ccc(Br)cc2F)CCC1N.Cl. The molecule has 2 rings (SSSR count).